The Kier molecular flexibility index (Phi) is 20.2. The molecule has 0 radical (unpaired) electrons. The molecule has 5 N–H and O–H groups in total. The number of benzene rings is 1. The van der Waals surface area contributed by atoms with Gasteiger partial charge in [0.25, 0.3) is 0 Å². The van der Waals surface area contributed by atoms with Crippen LogP contribution in [0.3, 0.4) is 0 Å². The van der Waals surface area contributed by atoms with Crippen LogP contribution in [0.25, 0.3) is 0 Å². The summed E-state index contributed by atoms with van der Waals surface area (Å²) in [5.41, 5.74) is -3.59. The number of nitrogens with zero attached hydrogens (tertiary/aromatic N) is 1. The maximum Gasteiger partial charge on any atom is 0.407 e. The van der Waals surface area contributed by atoms with Crippen molar-refractivity contribution < 1.29 is 72.4 Å². The summed E-state index contributed by atoms with van der Waals surface area (Å²) < 4.78 is 50.8. The van der Waals surface area contributed by atoms with Gasteiger partial charge in [-0.1, -0.05) is 58.0 Å². The van der Waals surface area contributed by atoms with Crippen molar-refractivity contribution in [2.24, 2.45) is 23.7 Å². The summed E-state index contributed by atoms with van der Waals surface area (Å²) in [5, 5.41) is 40.6. The smallest absolute Gasteiger partial charge is 0.407 e. The topological polar surface area (TPSA) is 230 Å². The molecule has 382 valence electrons. The van der Waals surface area contributed by atoms with Crippen LogP contribution in [0, 0.1) is 23.7 Å². The third-order valence-electron chi connectivity index (χ3n) is 14.4. The number of hydrogen-bond donors (Lipinski definition) is 5. The van der Waals surface area contributed by atoms with Gasteiger partial charge in [-0.05, 0) is 80.5 Å². The molecule has 67 heavy (non-hydrogen) atoms. The number of amides is 2. The van der Waals surface area contributed by atoms with Gasteiger partial charge < -0.3 is 68.7 Å². The predicted octanol–water partition coefficient (Wildman–Crippen LogP) is 3.88. The highest BCUT2D eigenvalue weighted by atomic mass is 16.7. The quantitative estimate of drug-likeness (QED) is 0.167. The number of aliphatic hydroxyl groups is 3. The van der Waals surface area contributed by atoms with Gasteiger partial charge in [0.05, 0.1) is 42.0 Å². The number of ether oxygens (including phenoxy) is 8. The van der Waals surface area contributed by atoms with E-state index in [1.807, 2.05) is 63.2 Å². The molecule has 0 spiro atoms. The van der Waals surface area contributed by atoms with E-state index in [4.69, 9.17) is 37.9 Å². The first-order valence-electron chi connectivity index (χ1n) is 23.8. The minimum absolute atomic E-state index is 0.0140. The molecule has 0 aliphatic carbocycles. The molecule has 1 aromatic carbocycles. The molecule has 18 heteroatoms. The lowest BCUT2D eigenvalue weighted by Gasteiger charge is -2.50. The van der Waals surface area contributed by atoms with E-state index in [0.29, 0.717) is 13.0 Å². The van der Waals surface area contributed by atoms with Gasteiger partial charge in [0.15, 0.2) is 18.7 Å². The number of Topliss-reactive ketones (excluding diaryl/α,β-unsaturated/α-hetero) is 1. The third kappa shape index (κ3) is 13.7. The van der Waals surface area contributed by atoms with Crippen LogP contribution in [0.2, 0.25) is 0 Å². The number of cyclic esters (lactones) is 1. The van der Waals surface area contributed by atoms with Crippen LogP contribution in [0.1, 0.15) is 107 Å². The molecule has 0 saturated carbocycles. The Morgan fingerprint density at radius 3 is 2.09 bits per heavy atom. The first-order valence-corrected chi connectivity index (χ1v) is 23.8. The van der Waals surface area contributed by atoms with Crippen molar-refractivity contribution >= 4 is 23.8 Å². The van der Waals surface area contributed by atoms with Crippen molar-refractivity contribution in [1.29, 1.82) is 0 Å². The van der Waals surface area contributed by atoms with Gasteiger partial charge in [-0.25, -0.2) is 4.79 Å². The van der Waals surface area contributed by atoms with E-state index in [1.165, 1.54) is 28.1 Å². The van der Waals surface area contributed by atoms with Crippen molar-refractivity contribution in [1.82, 2.24) is 15.5 Å². The second-order valence-corrected chi connectivity index (χ2v) is 20.0. The summed E-state index contributed by atoms with van der Waals surface area (Å²) in [7, 11) is 6.69. The minimum Gasteiger partial charge on any atom is -0.459 e. The van der Waals surface area contributed by atoms with Crippen LogP contribution < -0.4 is 10.6 Å². The van der Waals surface area contributed by atoms with Crippen molar-refractivity contribution in [3.63, 3.8) is 0 Å². The molecule has 2 amide bonds. The van der Waals surface area contributed by atoms with Gasteiger partial charge >= 0.3 is 12.1 Å². The van der Waals surface area contributed by atoms with Gasteiger partial charge in [0.2, 0.25) is 5.91 Å². The molecule has 18 atom stereocenters. The first-order chi connectivity index (χ1) is 31.3. The number of hydrogen-bond acceptors (Lipinski definition) is 16. The average molecular weight is 952 g/mol. The van der Waals surface area contributed by atoms with E-state index in [9.17, 15) is 34.5 Å². The van der Waals surface area contributed by atoms with Crippen LogP contribution in [-0.4, -0.2) is 163 Å². The van der Waals surface area contributed by atoms with Gasteiger partial charge in [0.1, 0.15) is 29.2 Å². The van der Waals surface area contributed by atoms with Crippen molar-refractivity contribution in [3.8, 4) is 0 Å². The lowest BCUT2D eigenvalue weighted by atomic mass is 9.74. The number of ketones is 1. The van der Waals surface area contributed by atoms with Crippen LogP contribution >= 0.6 is 0 Å². The second kappa shape index (κ2) is 24.0. The molecule has 0 bridgehead atoms. The standard InChI is InChI=1S/C49H81N3O15/c1-15-35-49(10,59)41(56)29(4)38(54)27(2)24-47(8,60-13)42(66-45-39(55)34(52(11)12)23-28(3)62-45)30(5)40(31(6)44(57)64-35)65-37-25-48(9,61-14)43(32(7)63-37)67-46(58)50-22-21-36(53)51-26-33-19-17-16-18-20-33/h16-20,27-32,34-35,37,39-43,45,55-56,59H,15,21-26H2,1-14H3,(H,50,58)(H,51,53)/t27-,28-,29+,30+,31-,32+,34+,35-,37?,39-,40+,41-,42-,43+,45+,47+,48-,49-/m1/s1. The van der Waals surface area contributed by atoms with E-state index in [0.717, 1.165) is 5.56 Å². The molecule has 0 aromatic heterocycles. The number of likely N-dealkylation sites (N-methyl/N-ethyl adjacent to an activating group) is 1. The fourth-order valence-corrected chi connectivity index (χ4v) is 10.1. The van der Waals surface area contributed by atoms with E-state index in [-0.39, 0.29) is 56.1 Å². The molecule has 3 heterocycles. The van der Waals surface area contributed by atoms with E-state index in [2.05, 4.69) is 10.6 Å². The SMILES string of the molecule is CC[C@H]1OC(=O)[C@H](C)[C@@H](OC2C[C@@](C)(OC)[C@@H](OC(=O)NCCC(=O)NCc3ccccc3)[C@H](C)O2)[C@H](C)[C@@H](O[C@@H]2O[C@H](C)C[C@H](N(C)C)[C@H]2O)[C@@](C)(OC)C[C@@H](C)C(=O)[C@H](C)[C@@H](O)[C@]1(C)O. The Balaban J connectivity index is 1.67. The molecule has 3 fully saturated rings. The molecular formula is C49H81N3O15. The van der Waals surface area contributed by atoms with Crippen LogP contribution in [-0.2, 0) is 58.8 Å². The molecule has 4 rings (SSSR count). The van der Waals surface area contributed by atoms with Gasteiger partial charge in [-0.3, -0.25) is 14.4 Å². The zero-order valence-electron chi connectivity index (χ0n) is 42.2. The highest BCUT2D eigenvalue weighted by molar-refractivity contribution is 5.83. The summed E-state index contributed by atoms with van der Waals surface area (Å²) in [4.78, 5) is 56.2. The highest BCUT2D eigenvalue weighted by Gasteiger charge is 2.55. The second-order valence-electron chi connectivity index (χ2n) is 20.0. The maximum atomic E-state index is 14.5. The highest BCUT2D eigenvalue weighted by Crippen LogP contribution is 2.42. The summed E-state index contributed by atoms with van der Waals surface area (Å²) in [6.45, 7) is 17.3. The number of esters is 1. The molecule has 1 unspecified atom stereocenters. The van der Waals surface area contributed by atoms with Crippen molar-refractivity contribution in [3.05, 3.63) is 35.9 Å². The monoisotopic (exact) mass is 952 g/mol. The summed E-state index contributed by atoms with van der Waals surface area (Å²) >= 11 is 0. The fourth-order valence-electron chi connectivity index (χ4n) is 10.1. The molecule has 3 saturated heterocycles. The Bertz CT molecular complexity index is 1770. The third-order valence-corrected chi connectivity index (χ3v) is 14.4. The van der Waals surface area contributed by atoms with Crippen LogP contribution in [0.15, 0.2) is 30.3 Å². The normalized spacial score (nSPS) is 40.4. The van der Waals surface area contributed by atoms with Crippen molar-refractivity contribution in [2.75, 3.05) is 34.9 Å². The number of methoxy groups -OCH3 is 2. The van der Waals surface area contributed by atoms with Gasteiger partial charge in [0, 0.05) is 63.9 Å². The lowest BCUT2D eigenvalue weighted by molar-refractivity contribution is -0.319. The van der Waals surface area contributed by atoms with E-state index >= 15 is 0 Å². The van der Waals surface area contributed by atoms with Gasteiger partial charge in [-0.15, -0.1) is 0 Å². The minimum atomic E-state index is -2.02. The van der Waals surface area contributed by atoms with Gasteiger partial charge in [-0.2, -0.15) is 0 Å². The average Bonchev–Trinajstić information content (AvgIpc) is 3.28. The fraction of sp³-hybridized carbons (Fsp3) is 0.796. The lowest BCUT2D eigenvalue weighted by Crippen LogP contribution is -2.62. The Morgan fingerprint density at radius 2 is 1.49 bits per heavy atom. The Morgan fingerprint density at radius 1 is 0.866 bits per heavy atom. The number of carbonyl (C=O) groups excluding carboxylic acids is 4. The Labute approximate surface area is 397 Å². The summed E-state index contributed by atoms with van der Waals surface area (Å²) in [5.74, 6) is -5.06. The molecular weight excluding hydrogens is 871 g/mol. The maximum absolute atomic E-state index is 14.5. The molecule has 3 aliphatic rings. The molecule has 18 nitrogen and oxygen atoms in total. The van der Waals surface area contributed by atoms with E-state index in [1.54, 1.807) is 41.5 Å². The predicted molar refractivity (Wildman–Crippen MR) is 246 cm³/mol. The number of alkyl carbamates (subject to hydrolysis) is 1. The first kappa shape index (κ1) is 56.3. The Hall–Kier alpha value is -3.30. The molecule has 1 aromatic rings. The van der Waals surface area contributed by atoms with Crippen molar-refractivity contribution in [2.45, 2.75) is 192 Å². The number of nitrogens with one attached hydrogen (secondary N) is 2. The summed E-state index contributed by atoms with van der Waals surface area (Å²) in [6, 6.07) is 9.13. The van der Waals surface area contributed by atoms with Crippen LogP contribution in [0.5, 0.6) is 0 Å². The largest absolute Gasteiger partial charge is 0.459 e. The number of carbonyl (C=O) groups is 4. The van der Waals surface area contributed by atoms with Crippen LogP contribution in [0.4, 0.5) is 4.79 Å². The zero-order valence-corrected chi connectivity index (χ0v) is 42.2. The number of aliphatic hydroxyl groups excluding tert-OH is 2. The zero-order chi connectivity index (χ0) is 50.2. The summed E-state index contributed by atoms with van der Waals surface area (Å²) in [6.07, 6.45) is -10.4. The molecule has 3 aliphatic heterocycles. The van der Waals surface area contributed by atoms with E-state index < -0.39 is 108 Å². The number of rotatable bonds is 14.